The van der Waals surface area contributed by atoms with E-state index in [1.54, 1.807) is 24.4 Å². The van der Waals surface area contributed by atoms with E-state index in [0.717, 1.165) is 5.56 Å². The van der Waals surface area contributed by atoms with Crippen molar-refractivity contribution in [1.29, 1.82) is 0 Å². The minimum atomic E-state index is 0.324. The van der Waals surface area contributed by atoms with E-state index in [-0.39, 0.29) is 0 Å². The molecule has 2 rings (SSSR count). The van der Waals surface area contributed by atoms with E-state index >= 15 is 0 Å². The van der Waals surface area contributed by atoms with Crippen molar-refractivity contribution >= 4 is 40.6 Å². The van der Waals surface area contributed by atoms with Gasteiger partial charge in [0.25, 0.3) is 0 Å². The van der Waals surface area contributed by atoms with Crippen molar-refractivity contribution in [3.05, 3.63) is 51.1 Å². The lowest BCUT2D eigenvalue weighted by Gasteiger charge is -2.09. The molecule has 0 fully saturated rings. The molecule has 0 radical (unpaired) electrons. The number of rotatable bonds is 3. The van der Waals surface area contributed by atoms with Crippen LogP contribution in [-0.4, -0.2) is 4.98 Å². The summed E-state index contributed by atoms with van der Waals surface area (Å²) < 4.78 is 5.54. The SMILES string of the molecule is Nc1ccc(COc2cc(Cl)c(Cl)cc2Cl)cn1. The number of aromatic nitrogens is 1. The molecule has 6 heteroatoms. The summed E-state index contributed by atoms with van der Waals surface area (Å²) in [6.45, 7) is 0.324. The summed E-state index contributed by atoms with van der Waals surface area (Å²) in [6, 6.07) is 6.65. The Morgan fingerprint density at radius 3 is 2.44 bits per heavy atom. The van der Waals surface area contributed by atoms with Crippen molar-refractivity contribution < 1.29 is 4.74 Å². The first-order chi connectivity index (χ1) is 8.56. The van der Waals surface area contributed by atoms with E-state index < -0.39 is 0 Å². The highest BCUT2D eigenvalue weighted by molar-refractivity contribution is 6.43. The minimum absolute atomic E-state index is 0.324. The Morgan fingerprint density at radius 2 is 1.78 bits per heavy atom. The van der Waals surface area contributed by atoms with Gasteiger partial charge in [-0.3, -0.25) is 0 Å². The molecule has 0 atom stereocenters. The highest BCUT2D eigenvalue weighted by atomic mass is 35.5. The van der Waals surface area contributed by atoms with Crippen LogP contribution in [0.3, 0.4) is 0 Å². The van der Waals surface area contributed by atoms with Crippen LogP contribution in [0.25, 0.3) is 0 Å². The van der Waals surface area contributed by atoms with E-state index in [2.05, 4.69) is 4.98 Å². The molecule has 0 unspecified atom stereocenters. The third-order valence-electron chi connectivity index (χ3n) is 2.22. The second kappa shape index (κ2) is 5.65. The predicted octanol–water partition coefficient (Wildman–Crippen LogP) is 4.20. The molecule has 94 valence electrons. The minimum Gasteiger partial charge on any atom is -0.487 e. The van der Waals surface area contributed by atoms with E-state index in [4.69, 9.17) is 45.3 Å². The largest absolute Gasteiger partial charge is 0.487 e. The van der Waals surface area contributed by atoms with Crippen molar-refractivity contribution in [3.8, 4) is 5.75 Å². The monoisotopic (exact) mass is 302 g/mol. The van der Waals surface area contributed by atoms with Gasteiger partial charge in [0.2, 0.25) is 0 Å². The fraction of sp³-hybridized carbons (Fsp3) is 0.0833. The highest BCUT2D eigenvalue weighted by Gasteiger charge is 2.07. The van der Waals surface area contributed by atoms with E-state index in [1.807, 2.05) is 6.07 Å². The van der Waals surface area contributed by atoms with Crippen molar-refractivity contribution in [2.24, 2.45) is 0 Å². The molecule has 0 aliphatic carbocycles. The fourth-order valence-corrected chi connectivity index (χ4v) is 1.89. The normalized spacial score (nSPS) is 10.4. The molecule has 0 bridgehead atoms. The molecule has 1 heterocycles. The van der Waals surface area contributed by atoms with Gasteiger partial charge in [-0.2, -0.15) is 0 Å². The molecule has 1 aromatic carbocycles. The van der Waals surface area contributed by atoms with Crippen LogP contribution in [0.5, 0.6) is 5.75 Å². The number of nitrogen functional groups attached to an aromatic ring is 1. The number of hydrogen-bond acceptors (Lipinski definition) is 3. The molecule has 0 saturated carbocycles. The molecular formula is C12H9Cl3N2O. The maximum absolute atomic E-state index is 5.99. The summed E-state index contributed by atoms with van der Waals surface area (Å²) in [5, 5.41) is 1.20. The van der Waals surface area contributed by atoms with E-state index in [9.17, 15) is 0 Å². The molecule has 2 aromatic rings. The van der Waals surface area contributed by atoms with Gasteiger partial charge in [-0.15, -0.1) is 0 Å². The van der Waals surface area contributed by atoms with Crippen LogP contribution in [0.1, 0.15) is 5.56 Å². The van der Waals surface area contributed by atoms with Crippen LogP contribution >= 0.6 is 34.8 Å². The number of ether oxygens (including phenoxy) is 1. The van der Waals surface area contributed by atoms with Crippen LogP contribution in [0.2, 0.25) is 15.1 Å². The Bertz CT molecular complexity index is 558. The van der Waals surface area contributed by atoms with Gasteiger partial charge >= 0.3 is 0 Å². The lowest BCUT2D eigenvalue weighted by molar-refractivity contribution is 0.306. The van der Waals surface area contributed by atoms with E-state index in [1.165, 1.54) is 0 Å². The standard InChI is InChI=1S/C12H9Cl3N2O/c13-8-3-10(15)11(4-9(8)14)18-6-7-1-2-12(16)17-5-7/h1-5H,6H2,(H2,16,17). The Hall–Kier alpha value is -1.16. The first kappa shape index (κ1) is 13.3. The molecule has 0 saturated heterocycles. The quantitative estimate of drug-likeness (QED) is 0.864. The van der Waals surface area contributed by atoms with E-state index in [0.29, 0.717) is 33.2 Å². The van der Waals surface area contributed by atoms with Crippen molar-refractivity contribution in [3.63, 3.8) is 0 Å². The zero-order chi connectivity index (χ0) is 13.1. The summed E-state index contributed by atoms with van der Waals surface area (Å²) in [7, 11) is 0. The van der Waals surface area contributed by atoms with Crippen LogP contribution < -0.4 is 10.5 Å². The van der Waals surface area contributed by atoms with Crippen LogP contribution in [0, 0.1) is 0 Å². The van der Waals surface area contributed by atoms with Gasteiger partial charge < -0.3 is 10.5 Å². The Kier molecular flexibility index (Phi) is 4.17. The zero-order valence-corrected chi connectivity index (χ0v) is 11.4. The van der Waals surface area contributed by atoms with Gasteiger partial charge in [-0.1, -0.05) is 40.9 Å². The fourth-order valence-electron chi connectivity index (χ4n) is 1.30. The molecule has 0 amide bonds. The average Bonchev–Trinajstić information content (AvgIpc) is 2.34. The van der Waals surface area contributed by atoms with Crippen LogP contribution in [0.4, 0.5) is 5.82 Å². The van der Waals surface area contributed by atoms with Crippen LogP contribution in [0.15, 0.2) is 30.5 Å². The molecular weight excluding hydrogens is 295 g/mol. The topological polar surface area (TPSA) is 48.1 Å². The molecule has 3 nitrogen and oxygen atoms in total. The van der Waals surface area contributed by atoms with Crippen molar-refractivity contribution in [2.45, 2.75) is 6.61 Å². The number of halogens is 3. The van der Waals surface area contributed by atoms with Gasteiger partial charge in [0.1, 0.15) is 18.2 Å². The Labute approximate surface area is 119 Å². The second-order valence-electron chi connectivity index (χ2n) is 3.58. The third-order valence-corrected chi connectivity index (χ3v) is 3.23. The third kappa shape index (κ3) is 3.19. The second-order valence-corrected chi connectivity index (χ2v) is 4.80. The molecule has 1 aromatic heterocycles. The highest BCUT2D eigenvalue weighted by Crippen LogP contribution is 2.34. The van der Waals surface area contributed by atoms with Gasteiger partial charge in [0.05, 0.1) is 15.1 Å². The first-order valence-corrected chi connectivity index (χ1v) is 6.17. The number of hydrogen-bond donors (Lipinski definition) is 1. The molecule has 18 heavy (non-hydrogen) atoms. The average molecular weight is 304 g/mol. The molecule has 0 aliphatic heterocycles. The molecule has 0 spiro atoms. The number of nitrogens with two attached hydrogens (primary N) is 1. The Balaban J connectivity index is 2.10. The number of benzene rings is 1. The number of pyridine rings is 1. The lowest BCUT2D eigenvalue weighted by atomic mass is 10.3. The summed E-state index contributed by atoms with van der Waals surface area (Å²) >= 11 is 17.7. The van der Waals surface area contributed by atoms with Crippen LogP contribution in [-0.2, 0) is 6.61 Å². The van der Waals surface area contributed by atoms with Gasteiger partial charge in [0, 0.05) is 17.8 Å². The lowest BCUT2D eigenvalue weighted by Crippen LogP contribution is -1.98. The van der Waals surface area contributed by atoms with Crippen molar-refractivity contribution in [2.75, 3.05) is 5.73 Å². The predicted molar refractivity (Wildman–Crippen MR) is 74.5 cm³/mol. The summed E-state index contributed by atoms with van der Waals surface area (Å²) in [5.74, 6) is 0.939. The van der Waals surface area contributed by atoms with Gasteiger partial charge in [0.15, 0.2) is 0 Å². The first-order valence-electron chi connectivity index (χ1n) is 5.04. The maximum Gasteiger partial charge on any atom is 0.139 e. The molecule has 2 N–H and O–H groups in total. The summed E-state index contributed by atoms with van der Waals surface area (Å²) in [4.78, 5) is 3.96. The molecule has 0 aliphatic rings. The zero-order valence-electron chi connectivity index (χ0n) is 9.16. The number of nitrogens with zero attached hydrogens (tertiary/aromatic N) is 1. The maximum atomic E-state index is 5.99. The van der Waals surface area contributed by atoms with Gasteiger partial charge in [-0.25, -0.2) is 4.98 Å². The number of anilines is 1. The Morgan fingerprint density at radius 1 is 1.06 bits per heavy atom. The summed E-state index contributed by atoms with van der Waals surface area (Å²) in [5.41, 5.74) is 6.37. The smallest absolute Gasteiger partial charge is 0.139 e. The van der Waals surface area contributed by atoms with Gasteiger partial charge in [-0.05, 0) is 12.1 Å². The van der Waals surface area contributed by atoms with Crippen molar-refractivity contribution in [1.82, 2.24) is 4.98 Å². The summed E-state index contributed by atoms with van der Waals surface area (Å²) in [6.07, 6.45) is 1.64.